The van der Waals surface area contributed by atoms with Gasteiger partial charge < -0.3 is 35.2 Å². The van der Waals surface area contributed by atoms with Gasteiger partial charge in [-0.05, 0) is 55.7 Å². The second-order valence-electron chi connectivity index (χ2n) is 19.7. The van der Waals surface area contributed by atoms with Gasteiger partial charge in [0.05, 0.1) is 42.2 Å². The number of phenolic OH excluding ortho intramolecular Hbond substituents is 1. The van der Waals surface area contributed by atoms with Crippen molar-refractivity contribution in [2.45, 2.75) is 56.7 Å². The maximum absolute atomic E-state index is 17.1. The fraction of sp³-hybridized carbons (Fsp3) is 0.460. The lowest BCUT2D eigenvalue weighted by atomic mass is 9.96. The number of piperidine rings is 1. The van der Waals surface area contributed by atoms with Gasteiger partial charge in [-0.2, -0.15) is 9.97 Å². The summed E-state index contributed by atoms with van der Waals surface area (Å²) in [6.07, 6.45) is 14.8. The number of nitrogens with zero attached hydrogens (tertiary/aromatic N) is 10. The molecule has 6 aliphatic rings. The number of aromatic hydroxyl groups is 1. The monoisotopic (exact) mass is 969 g/mol. The van der Waals surface area contributed by atoms with E-state index in [0.29, 0.717) is 82.1 Å². The first-order chi connectivity index (χ1) is 34.4. The van der Waals surface area contributed by atoms with Crippen LogP contribution in [0.5, 0.6) is 11.8 Å². The summed E-state index contributed by atoms with van der Waals surface area (Å²) < 4.78 is 38.6. The summed E-state index contributed by atoms with van der Waals surface area (Å²) >= 11 is 0. The van der Waals surface area contributed by atoms with Crippen molar-refractivity contribution in [2.24, 2.45) is 5.41 Å². The van der Waals surface area contributed by atoms with E-state index in [1.54, 1.807) is 12.4 Å². The van der Waals surface area contributed by atoms with Crippen LogP contribution in [0.4, 0.5) is 20.3 Å². The Morgan fingerprint density at radius 3 is 2.34 bits per heavy atom. The van der Waals surface area contributed by atoms with Gasteiger partial charge >= 0.3 is 6.01 Å². The van der Waals surface area contributed by atoms with Gasteiger partial charge in [-0.3, -0.25) is 39.3 Å². The number of hydrogen-bond acceptors (Lipinski definition) is 16. The van der Waals surface area contributed by atoms with Crippen molar-refractivity contribution in [3.63, 3.8) is 0 Å². The van der Waals surface area contributed by atoms with Crippen molar-refractivity contribution in [2.75, 3.05) is 94.9 Å². The van der Waals surface area contributed by atoms with E-state index in [1.165, 1.54) is 30.5 Å². The largest absolute Gasteiger partial charge is 0.508 e. The average molecular weight is 970 g/mol. The highest BCUT2D eigenvalue weighted by atomic mass is 19.1. The number of phenols is 1. The number of imide groups is 1. The zero-order valence-corrected chi connectivity index (χ0v) is 39.0. The van der Waals surface area contributed by atoms with Crippen LogP contribution >= 0.6 is 0 Å². The number of terminal acetylenes is 1. The minimum Gasteiger partial charge on any atom is -0.508 e. The molecule has 1 aliphatic carbocycles. The molecule has 0 radical (unpaired) electrons. The number of aromatic nitrogens is 5. The lowest BCUT2D eigenvalue weighted by Gasteiger charge is -2.39. The predicted molar refractivity (Wildman–Crippen MR) is 256 cm³/mol. The third-order valence-electron chi connectivity index (χ3n) is 14.8. The molecular formula is C50H53F2N13O6. The maximum Gasteiger partial charge on any atom is 0.319 e. The highest BCUT2D eigenvalue weighted by molar-refractivity contribution is 6.04. The summed E-state index contributed by atoms with van der Waals surface area (Å²) in [5, 5.41) is 20.2. The summed E-state index contributed by atoms with van der Waals surface area (Å²) in [5.74, 6) is -0.116. The summed E-state index contributed by atoms with van der Waals surface area (Å²) in [6.45, 7) is 8.07. The number of anilines is 2. The van der Waals surface area contributed by atoms with Crippen molar-refractivity contribution in [3.05, 3.63) is 65.9 Å². The van der Waals surface area contributed by atoms with Crippen molar-refractivity contribution in [1.29, 1.82) is 0 Å². The van der Waals surface area contributed by atoms with Crippen LogP contribution in [-0.4, -0.2) is 172 Å². The number of pyridine rings is 1. The maximum atomic E-state index is 17.1. The quantitative estimate of drug-likeness (QED) is 0.104. The topological polar surface area (TPSA) is 214 Å². The first kappa shape index (κ1) is 46.2. The number of benzene rings is 2. The molecule has 3 unspecified atom stereocenters. The number of amides is 4. The predicted octanol–water partition coefficient (Wildman–Crippen LogP) is 2.20. The Hall–Kier alpha value is -7.15. The van der Waals surface area contributed by atoms with Crippen LogP contribution < -0.4 is 30.5 Å². The van der Waals surface area contributed by atoms with E-state index in [1.807, 2.05) is 4.90 Å². The molecule has 21 heteroatoms. The molecule has 3 atom stereocenters. The molecule has 2 bridgehead atoms. The van der Waals surface area contributed by atoms with Crippen molar-refractivity contribution >= 4 is 56.8 Å². The molecule has 2 aromatic carbocycles. The number of hydrogen-bond donors (Lipinski definition) is 4. The van der Waals surface area contributed by atoms with Crippen LogP contribution in [-0.2, 0) is 14.4 Å². The Morgan fingerprint density at radius 1 is 0.901 bits per heavy atom. The molecule has 11 rings (SSSR count). The molecule has 5 aliphatic heterocycles. The normalized spacial score (nSPS) is 22.4. The zero-order chi connectivity index (χ0) is 49.0. The van der Waals surface area contributed by atoms with Gasteiger partial charge in [-0.25, -0.2) is 18.7 Å². The summed E-state index contributed by atoms with van der Waals surface area (Å²) in [4.78, 5) is 82.9. The number of halogens is 2. The Labute approximate surface area is 407 Å². The standard InChI is InChI=1S/C50H53F2N13O6/c1-2-34-37(51)6-3-29-19-33(66)20-35(41(29)34)43-42(52)44-36(23-53-43)46(65-24-30-4-5-31(25-65)56-30)60-49(59-44)71-28-50(9-10-50)27-62-13-17-64(18-14-62)40(68)26-61-11-15-63(16-12-61)32-21-54-45(55-22-32)48(70)57-38-7-8-39(67)58-47(38)69/h1,3,6,19-23,30-31,38,56,66H,4-5,7-18,24-28H2,(H,57,70)(H,58,67,69). The molecule has 5 aromatic rings. The Morgan fingerprint density at radius 2 is 1.63 bits per heavy atom. The van der Waals surface area contributed by atoms with Gasteiger partial charge in [0.1, 0.15) is 34.6 Å². The first-order valence-corrected chi connectivity index (χ1v) is 24.3. The van der Waals surface area contributed by atoms with E-state index in [0.717, 1.165) is 51.0 Å². The van der Waals surface area contributed by atoms with E-state index in [2.05, 4.69) is 61.4 Å². The molecule has 4 N–H and O–H groups in total. The highest BCUT2D eigenvalue weighted by Crippen LogP contribution is 2.47. The van der Waals surface area contributed by atoms with Gasteiger partial charge in [-0.15, -0.1) is 6.42 Å². The second-order valence-corrected chi connectivity index (χ2v) is 19.7. The number of ether oxygens (including phenoxy) is 1. The van der Waals surface area contributed by atoms with Gasteiger partial charge in [0.2, 0.25) is 23.5 Å². The molecule has 8 heterocycles. The summed E-state index contributed by atoms with van der Waals surface area (Å²) in [7, 11) is 0. The van der Waals surface area contributed by atoms with Crippen molar-refractivity contribution < 1.29 is 37.8 Å². The van der Waals surface area contributed by atoms with Crippen molar-refractivity contribution in [1.82, 2.24) is 55.6 Å². The molecule has 6 fully saturated rings. The molecule has 19 nitrogen and oxygen atoms in total. The Bertz CT molecular complexity index is 2980. The molecule has 71 heavy (non-hydrogen) atoms. The Kier molecular flexibility index (Phi) is 12.3. The van der Waals surface area contributed by atoms with E-state index < -0.39 is 29.5 Å². The van der Waals surface area contributed by atoms with E-state index in [4.69, 9.17) is 16.1 Å². The fourth-order valence-corrected chi connectivity index (χ4v) is 10.7. The third kappa shape index (κ3) is 9.46. The average Bonchev–Trinajstić information content (AvgIpc) is 4.06. The van der Waals surface area contributed by atoms with Crippen molar-refractivity contribution in [3.8, 4) is 35.4 Å². The van der Waals surface area contributed by atoms with Crippen LogP contribution in [0.25, 0.3) is 32.9 Å². The zero-order valence-electron chi connectivity index (χ0n) is 39.0. The van der Waals surface area contributed by atoms with Gasteiger partial charge in [0.15, 0.2) is 5.82 Å². The minimum atomic E-state index is -0.816. The van der Waals surface area contributed by atoms with Crippen LogP contribution in [0, 0.1) is 29.4 Å². The van der Waals surface area contributed by atoms with Crippen LogP contribution in [0.15, 0.2) is 42.9 Å². The molecule has 368 valence electrons. The number of piperazine rings is 3. The van der Waals surface area contributed by atoms with Crippen LogP contribution in [0.1, 0.15) is 54.7 Å². The second kappa shape index (κ2) is 18.9. The van der Waals surface area contributed by atoms with Crippen LogP contribution in [0.3, 0.4) is 0 Å². The summed E-state index contributed by atoms with van der Waals surface area (Å²) in [5.41, 5.74) is 0.552. The number of carbonyl (C=O) groups excluding carboxylic acids is 4. The van der Waals surface area contributed by atoms with Crippen LogP contribution in [0.2, 0.25) is 0 Å². The number of carbonyl (C=O) groups is 4. The lowest BCUT2D eigenvalue weighted by Crippen LogP contribution is -2.54. The molecule has 0 spiro atoms. The molecule has 1 saturated carbocycles. The molecule has 3 aromatic heterocycles. The minimum absolute atomic E-state index is 0.00144. The van der Waals surface area contributed by atoms with E-state index in [9.17, 15) is 24.3 Å². The third-order valence-corrected chi connectivity index (χ3v) is 14.8. The Balaban J connectivity index is 0.706. The highest BCUT2D eigenvalue weighted by Gasteiger charge is 2.46. The molecular weight excluding hydrogens is 917 g/mol. The first-order valence-electron chi connectivity index (χ1n) is 24.3. The van der Waals surface area contributed by atoms with Gasteiger partial charge in [0, 0.05) is 113 Å². The number of fused-ring (bicyclic) bond motifs is 4. The SMILES string of the molecule is C#Cc1c(F)ccc2cc(O)cc(-c3ncc4c(N5CC6CCC(C5)N6)nc(OCC5(CN6CCN(C(=O)CN7CCN(c8cnc(C(=O)NC9CCC(=O)NC9=O)nc8)CC7)CC6)CC5)nc4c3F)c12. The van der Waals surface area contributed by atoms with Gasteiger partial charge in [-0.1, -0.05) is 12.0 Å². The molecule has 4 amide bonds. The number of rotatable bonds is 12. The fourth-order valence-electron chi connectivity index (χ4n) is 10.7. The van der Waals surface area contributed by atoms with Gasteiger partial charge in [0.25, 0.3) is 5.91 Å². The number of nitrogens with one attached hydrogen (secondary N) is 3. The van der Waals surface area contributed by atoms with E-state index in [-0.39, 0.29) is 87.5 Å². The smallest absolute Gasteiger partial charge is 0.319 e. The summed E-state index contributed by atoms with van der Waals surface area (Å²) in [6, 6.07) is 5.26. The lowest BCUT2D eigenvalue weighted by molar-refractivity contribution is -0.135. The molecule has 5 saturated heterocycles. The van der Waals surface area contributed by atoms with E-state index >= 15 is 8.78 Å².